The highest BCUT2D eigenvalue weighted by molar-refractivity contribution is 6.31. The molecule has 0 atom stereocenters. The normalized spacial score (nSPS) is 11.3. The second-order valence-corrected chi connectivity index (χ2v) is 4.91. The van der Waals surface area contributed by atoms with Gasteiger partial charge in [-0.1, -0.05) is 17.7 Å². The third-order valence-electron chi connectivity index (χ3n) is 1.77. The molecule has 0 heterocycles. The lowest BCUT2D eigenvalue weighted by atomic mass is 10.1. The molecule has 0 unspecified atom stereocenters. The molecule has 0 saturated heterocycles. The van der Waals surface area contributed by atoms with E-state index in [9.17, 15) is 9.18 Å². The maximum atomic E-state index is 12.8. The van der Waals surface area contributed by atoms with Crippen LogP contribution in [0.3, 0.4) is 0 Å². The Hall–Kier alpha value is -1.09. The van der Waals surface area contributed by atoms with Gasteiger partial charge in [0, 0.05) is 5.02 Å². The van der Waals surface area contributed by atoms with Crippen LogP contribution in [0.2, 0.25) is 5.02 Å². The quantitative estimate of drug-likeness (QED) is 0.746. The summed E-state index contributed by atoms with van der Waals surface area (Å²) in [5.41, 5.74) is 0.0427. The molecule has 1 aromatic rings. The first kappa shape index (κ1) is 13.0. The van der Waals surface area contributed by atoms with Gasteiger partial charge in [0.1, 0.15) is 11.4 Å². The molecule has 0 bridgehead atoms. The van der Waals surface area contributed by atoms with E-state index in [1.54, 1.807) is 20.8 Å². The first-order valence-corrected chi connectivity index (χ1v) is 5.31. The van der Waals surface area contributed by atoms with Crippen LogP contribution in [0.1, 0.15) is 26.3 Å². The molecule has 0 fully saturated rings. The van der Waals surface area contributed by atoms with Crippen LogP contribution >= 0.6 is 11.6 Å². The summed E-state index contributed by atoms with van der Waals surface area (Å²) in [6, 6.07) is 3.94. The first-order valence-electron chi connectivity index (χ1n) is 4.94. The van der Waals surface area contributed by atoms with Gasteiger partial charge < -0.3 is 4.74 Å². The number of benzene rings is 1. The Kier molecular flexibility index (Phi) is 3.92. The van der Waals surface area contributed by atoms with Crippen molar-refractivity contribution in [3.05, 3.63) is 34.6 Å². The van der Waals surface area contributed by atoms with E-state index in [-0.39, 0.29) is 17.4 Å². The Morgan fingerprint density at radius 2 is 2.06 bits per heavy atom. The summed E-state index contributed by atoms with van der Waals surface area (Å²) >= 11 is 5.80. The fraction of sp³-hybridized carbons (Fsp3) is 0.417. The summed E-state index contributed by atoms with van der Waals surface area (Å²) in [7, 11) is 0. The van der Waals surface area contributed by atoms with Gasteiger partial charge in [0.15, 0.2) is 0 Å². The Labute approximate surface area is 99.4 Å². The van der Waals surface area contributed by atoms with Gasteiger partial charge in [-0.2, -0.15) is 0 Å². The molecule has 0 aliphatic heterocycles. The zero-order valence-corrected chi connectivity index (χ0v) is 10.3. The zero-order valence-electron chi connectivity index (χ0n) is 9.51. The third-order valence-corrected chi connectivity index (χ3v) is 2.12. The maximum Gasteiger partial charge on any atom is 0.310 e. The average molecular weight is 245 g/mol. The molecule has 0 aromatic heterocycles. The van der Waals surface area contributed by atoms with Crippen molar-refractivity contribution in [1.82, 2.24) is 0 Å². The Bertz CT molecular complexity index is 396. The van der Waals surface area contributed by atoms with Crippen LogP contribution < -0.4 is 0 Å². The molecule has 0 saturated carbocycles. The molecule has 88 valence electrons. The largest absolute Gasteiger partial charge is 0.460 e. The third kappa shape index (κ3) is 4.19. The van der Waals surface area contributed by atoms with E-state index in [4.69, 9.17) is 16.3 Å². The van der Waals surface area contributed by atoms with Crippen molar-refractivity contribution in [3.63, 3.8) is 0 Å². The number of rotatable bonds is 2. The summed E-state index contributed by atoms with van der Waals surface area (Å²) in [5, 5.41) is 0.242. The van der Waals surface area contributed by atoms with Gasteiger partial charge in [-0.3, -0.25) is 4.79 Å². The Morgan fingerprint density at radius 3 is 2.56 bits per heavy atom. The number of carbonyl (C=O) groups is 1. The summed E-state index contributed by atoms with van der Waals surface area (Å²) in [4.78, 5) is 11.5. The van der Waals surface area contributed by atoms with Crippen LogP contribution in [-0.4, -0.2) is 11.6 Å². The van der Waals surface area contributed by atoms with Gasteiger partial charge in [0.2, 0.25) is 0 Å². The predicted molar refractivity (Wildman–Crippen MR) is 61.0 cm³/mol. The highest BCUT2D eigenvalue weighted by Crippen LogP contribution is 2.19. The predicted octanol–water partition coefficient (Wildman–Crippen LogP) is 3.36. The van der Waals surface area contributed by atoms with Gasteiger partial charge in [-0.25, -0.2) is 4.39 Å². The lowest BCUT2D eigenvalue weighted by Gasteiger charge is -2.19. The van der Waals surface area contributed by atoms with E-state index in [1.807, 2.05) is 0 Å². The average Bonchev–Trinajstić information content (AvgIpc) is 2.06. The second-order valence-electron chi connectivity index (χ2n) is 4.50. The molecule has 4 heteroatoms. The van der Waals surface area contributed by atoms with Gasteiger partial charge in [-0.05, 0) is 38.5 Å². The minimum absolute atomic E-state index is 0.0520. The minimum atomic E-state index is -0.524. The molecule has 1 aromatic carbocycles. The molecular formula is C12H14ClFO2. The highest BCUT2D eigenvalue weighted by atomic mass is 35.5. The van der Waals surface area contributed by atoms with Crippen LogP contribution in [0.4, 0.5) is 4.39 Å². The molecule has 16 heavy (non-hydrogen) atoms. The van der Waals surface area contributed by atoms with Gasteiger partial charge >= 0.3 is 5.97 Å². The summed E-state index contributed by atoms with van der Waals surface area (Å²) in [6.07, 6.45) is 0.0520. The van der Waals surface area contributed by atoms with E-state index < -0.39 is 11.4 Å². The number of hydrogen-bond donors (Lipinski definition) is 0. The van der Waals surface area contributed by atoms with Crippen LogP contribution in [0, 0.1) is 5.82 Å². The first-order chi connectivity index (χ1) is 7.28. The summed E-state index contributed by atoms with van der Waals surface area (Å²) < 4.78 is 17.9. The smallest absolute Gasteiger partial charge is 0.310 e. The van der Waals surface area contributed by atoms with Crippen molar-refractivity contribution < 1.29 is 13.9 Å². The molecule has 1 rings (SSSR count). The summed E-state index contributed by atoms with van der Waals surface area (Å²) in [5.74, 6) is -0.793. The maximum absolute atomic E-state index is 12.8. The Balaban J connectivity index is 2.70. The molecule has 0 N–H and O–H groups in total. The lowest BCUT2D eigenvalue weighted by Crippen LogP contribution is -2.25. The zero-order chi connectivity index (χ0) is 12.3. The van der Waals surface area contributed by atoms with Crippen LogP contribution in [0.15, 0.2) is 18.2 Å². The number of halogens is 2. The lowest BCUT2D eigenvalue weighted by molar-refractivity contribution is -0.153. The standard InChI is InChI=1S/C12H14ClFO2/c1-12(2,3)16-11(15)6-8-4-5-9(14)7-10(8)13/h4-5,7H,6H2,1-3H3. The molecule has 0 aliphatic rings. The highest BCUT2D eigenvalue weighted by Gasteiger charge is 2.17. The minimum Gasteiger partial charge on any atom is -0.460 e. The molecular weight excluding hydrogens is 231 g/mol. The number of hydrogen-bond acceptors (Lipinski definition) is 2. The molecule has 0 radical (unpaired) electrons. The monoisotopic (exact) mass is 244 g/mol. The fourth-order valence-corrected chi connectivity index (χ4v) is 1.43. The number of carbonyl (C=O) groups excluding carboxylic acids is 1. The molecule has 0 aliphatic carbocycles. The topological polar surface area (TPSA) is 26.3 Å². The van der Waals surface area contributed by atoms with E-state index in [2.05, 4.69) is 0 Å². The SMILES string of the molecule is CC(C)(C)OC(=O)Cc1ccc(F)cc1Cl. The molecule has 0 spiro atoms. The van der Waals surface area contributed by atoms with Crippen LogP contribution in [0.25, 0.3) is 0 Å². The van der Waals surface area contributed by atoms with E-state index in [0.717, 1.165) is 0 Å². The van der Waals surface area contributed by atoms with Crippen molar-refractivity contribution in [2.45, 2.75) is 32.8 Å². The summed E-state index contributed by atoms with van der Waals surface area (Å²) in [6.45, 7) is 5.37. The number of ether oxygens (including phenoxy) is 1. The molecule has 0 amide bonds. The van der Waals surface area contributed by atoms with Crippen molar-refractivity contribution in [3.8, 4) is 0 Å². The van der Waals surface area contributed by atoms with Gasteiger partial charge in [-0.15, -0.1) is 0 Å². The van der Waals surface area contributed by atoms with Gasteiger partial charge in [0.25, 0.3) is 0 Å². The van der Waals surface area contributed by atoms with E-state index in [1.165, 1.54) is 18.2 Å². The van der Waals surface area contributed by atoms with E-state index in [0.29, 0.717) is 5.56 Å². The van der Waals surface area contributed by atoms with Crippen LogP contribution in [-0.2, 0) is 16.0 Å². The fourth-order valence-electron chi connectivity index (χ4n) is 1.20. The van der Waals surface area contributed by atoms with Crippen LogP contribution in [0.5, 0.6) is 0 Å². The van der Waals surface area contributed by atoms with Crippen molar-refractivity contribution in [1.29, 1.82) is 0 Å². The van der Waals surface area contributed by atoms with E-state index >= 15 is 0 Å². The Morgan fingerprint density at radius 1 is 1.44 bits per heavy atom. The second kappa shape index (κ2) is 4.83. The van der Waals surface area contributed by atoms with Crippen molar-refractivity contribution in [2.75, 3.05) is 0 Å². The number of esters is 1. The van der Waals surface area contributed by atoms with Crippen molar-refractivity contribution in [2.24, 2.45) is 0 Å². The van der Waals surface area contributed by atoms with Gasteiger partial charge in [0.05, 0.1) is 6.42 Å². The molecule has 2 nitrogen and oxygen atoms in total. The van der Waals surface area contributed by atoms with Crippen molar-refractivity contribution >= 4 is 17.6 Å².